The highest BCUT2D eigenvalue weighted by Gasteiger charge is 2.29. The van der Waals surface area contributed by atoms with Crippen LogP contribution in [0, 0.1) is 49.2 Å². The van der Waals surface area contributed by atoms with Crippen molar-refractivity contribution in [2.45, 2.75) is 272 Å². The minimum Gasteiger partial charge on any atom is -0.460 e. The Hall–Kier alpha value is -1.70. The molecule has 0 saturated heterocycles. The maximum absolute atomic E-state index is 12.3. The number of carbonyl (C=O) groups excluding carboxylic acids is 3. The van der Waals surface area contributed by atoms with Crippen molar-refractivity contribution in [3.8, 4) is 6.07 Å². The van der Waals surface area contributed by atoms with Gasteiger partial charge in [0.1, 0.15) is 16.8 Å². The predicted octanol–water partition coefficient (Wildman–Crippen LogP) is 11.3. The van der Waals surface area contributed by atoms with Crippen molar-refractivity contribution in [2.75, 3.05) is 99.2 Å². The van der Waals surface area contributed by atoms with Crippen LogP contribution in [0.15, 0.2) is 0 Å². The average Bonchev–Trinajstić information content (AvgIpc) is 0.849. The third-order valence-electron chi connectivity index (χ3n) is 13.7. The summed E-state index contributed by atoms with van der Waals surface area (Å²) in [6, 6.07) is 2.00. The van der Waals surface area contributed by atoms with E-state index < -0.39 is 97.7 Å². The van der Waals surface area contributed by atoms with Crippen LogP contribution >= 0.6 is 37.3 Å². The summed E-state index contributed by atoms with van der Waals surface area (Å²) in [5.74, 6) is -3.18. The van der Waals surface area contributed by atoms with Crippen molar-refractivity contribution in [1.29, 1.82) is 5.26 Å². The van der Waals surface area contributed by atoms with Gasteiger partial charge in [-0.1, -0.05) is 113 Å². The molecule has 0 bridgehead atoms. The molecule has 105 heavy (non-hydrogen) atoms. The first-order valence-corrected chi connectivity index (χ1v) is 47.2. The lowest BCUT2D eigenvalue weighted by molar-refractivity contribution is -0.156. The van der Waals surface area contributed by atoms with Crippen molar-refractivity contribution < 1.29 is 111 Å². The molecular weight excluding hydrogens is 1600 g/mol. The summed E-state index contributed by atoms with van der Waals surface area (Å²) in [5, 5.41) is 35.2. The summed E-state index contributed by atoms with van der Waals surface area (Å²) in [4.78, 5) is 35.0. The van der Waals surface area contributed by atoms with Crippen molar-refractivity contribution in [1.82, 2.24) is 0 Å². The van der Waals surface area contributed by atoms with Crippen LogP contribution in [0.3, 0.4) is 0 Å². The first-order valence-electron chi connectivity index (χ1n) is 34.8. The Labute approximate surface area is 652 Å². The Morgan fingerprint density at radius 3 is 0.752 bits per heavy atom. The van der Waals surface area contributed by atoms with Gasteiger partial charge in [-0.3, -0.25) is 31.1 Å². The normalized spacial score (nSPS) is 13.3. The summed E-state index contributed by atoms with van der Waals surface area (Å²) in [6.45, 7) is 44.1. The van der Waals surface area contributed by atoms with E-state index in [1.54, 1.807) is 41.5 Å². The number of ether oxygens (including phenoxy) is 3. The lowest BCUT2D eigenvalue weighted by Gasteiger charge is -2.25. The molecule has 632 valence electrons. The fourth-order valence-corrected chi connectivity index (χ4v) is 14.1. The predicted molar refractivity (Wildman–Crippen MR) is 420 cm³/mol. The van der Waals surface area contributed by atoms with Gasteiger partial charge in [0.25, 0.3) is 40.5 Å². The standard InChI is InChI=1S/C27H52O10S2.C15H34N2O6S2.C12H24O3.C6H11NO.C5H11BrO.C3H6Cl2O4S2/c1-24(2,3)36-22(28)14-11-16-26(7,8)20-34-38(30,31)18-13-19-39(32,33)35-21-27(9,10)17-12-15-23(29)37-25(4,5)6;1-14(2,6-8-16)12-22-24(18,19)10-5-11-25(20,21)23-13-15(3,4)7-9-17;1-11(2,3)15-10(14)7-6-8-12(4,5)9-13;1-6(2,5-8)3-4-7;1-5(2,3-6)4-7;4-10(6,7)2-1-3-11(5,8)9/h11-21H2,1-10H3;5-13,16-17H2,1-4H3;13H,6-9H2,1-5H3;8H,3,5H2,1-2H3;7H,3-4H2,1-2H3;1-3H2. The highest BCUT2D eigenvalue weighted by atomic mass is 79.9. The van der Waals surface area contributed by atoms with E-state index in [0.717, 1.165) is 18.2 Å². The molecule has 0 rings (SSSR count). The number of nitrogens with zero attached hydrogens (tertiary/aromatic N) is 1. The van der Waals surface area contributed by atoms with E-state index in [-0.39, 0.29) is 146 Å². The molecule has 37 heteroatoms. The number of hydrogen-bond donors (Lipinski definition) is 5. The molecule has 0 amide bonds. The van der Waals surface area contributed by atoms with Crippen LogP contribution in [0.25, 0.3) is 0 Å². The van der Waals surface area contributed by atoms with Gasteiger partial charge in [0.05, 0.1) is 67.0 Å². The van der Waals surface area contributed by atoms with Crippen LogP contribution in [0.1, 0.15) is 256 Å². The molecule has 28 nitrogen and oxygen atoms in total. The number of aliphatic hydroxyl groups is 3. The SMILES string of the molecule is CC(C)(CCCC(=O)OC(C)(C)C)COS(=O)(=O)CCCS(=O)(=O)OCC(C)(C)CCCC(=O)OC(C)(C)C.CC(C)(CCN)COS(=O)(=O)CCCS(=O)(=O)OCC(C)(C)CCN.CC(C)(CO)CBr.CC(C)(CO)CC#N.CC(C)(CO)CCCC(=O)OC(C)(C)C.O=S(=O)(Cl)CCCS(=O)(=O)Cl. The second-order valence-electron chi connectivity index (χ2n) is 34.1. The van der Waals surface area contributed by atoms with E-state index in [1.165, 1.54) is 0 Å². The zero-order valence-corrected chi connectivity index (χ0v) is 75.4. The van der Waals surface area contributed by atoms with Gasteiger partial charge < -0.3 is 41.0 Å². The molecule has 0 saturated carbocycles. The smallest absolute Gasteiger partial charge is 0.306 e. The van der Waals surface area contributed by atoms with Crippen LogP contribution in [0.4, 0.5) is 0 Å². The van der Waals surface area contributed by atoms with Crippen molar-refractivity contribution in [3.05, 3.63) is 0 Å². The summed E-state index contributed by atoms with van der Waals surface area (Å²) in [7, 11) is -13.0. The van der Waals surface area contributed by atoms with Gasteiger partial charge in [-0.2, -0.15) is 38.9 Å². The second kappa shape index (κ2) is 51.8. The fraction of sp³-hybridized carbons (Fsp3) is 0.941. The maximum atomic E-state index is 12.3. The first-order chi connectivity index (χ1) is 46.7. The van der Waals surface area contributed by atoms with Gasteiger partial charge in [-0.05, 0) is 179 Å². The molecule has 0 aromatic heterocycles. The van der Waals surface area contributed by atoms with E-state index in [9.17, 15) is 64.9 Å². The lowest BCUT2D eigenvalue weighted by atomic mass is 9.88. The summed E-state index contributed by atoms with van der Waals surface area (Å²) in [6.07, 6.45) is 6.01. The molecular formula is C68H138BrCl2N3O25S6. The fourth-order valence-electron chi connectivity index (χ4n) is 7.23. The molecule has 0 atom stereocenters. The van der Waals surface area contributed by atoms with Crippen LogP contribution in [0.5, 0.6) is 0 Å². The molecule has 0 aliphatic rings. The molecule has 0 radical (unpaired) electrons. The molecule has 0 aromatic rings. The molecule has 0 aliphatic carbocycles. The maximum Gasteiger partial charge on any atom is 0.306 e. The summed E-state index contributed by atoms with van der Waals surface area (Å²) < 4.78 is 174. The zero-order chi connectivity index (χ0) is 84.3. The van der Waals surface area contributed by atoms with Gasteiger partial charge in [-0.15, -0.1) is 0 Å². The number of esters is 3. The number of alkyl halides is 1. The van der Waals surface area contributed by atoms with Gasteiger partial charge in [-0.25, -0.2) is 16.8 Å². The van der Waals surface area contributed by atoms with Gasteiger partial charge in [0.2, 0.25) is 18.1 Å². The third-order valence-corrected chi connectivity index (χ3v) is 22.7. The Morgan fingerprint density at radius 2 is 0.581 bits per heavy atom. The highest BCUT2D eigenvalue weighted by molar-refractivity contribution is 9.09. The quantitative estimate of drug-likeness (QED) is 0.0124. The number of aliphatic hydroxyl groups excluding tert-OH is 3. The topological polar surface area (TPSA) is 457 Å². The number of nitrogens with two attached hydrogens (primary N) is 2. The van der Waals surface area contributed by atoms with E-state index in [1.807, 2.05) is 124 Å². The second-order valence-corrected chi connectivity index (χ2v) is 47.5. The Kier molecular flexibility index (Phi) is 56.4. The van der Waals surface area contributed by atoms with Gasteiger partial charge >= 0.3 is 17.9 Å². The third kappa shape index (κ3) is 84.6. The number of nitriles is 1. The van der Waals surface area contributed by atoms with Crippen LogP contribution < -0.4 is 11.5 Å². The van der Waals surface area contributed by atoms with Crippen LogP contribution in [-0.4, -0.2) is 200 Å². The van der Waals surface area contributed by atoms with Gasteiger partial charge in [0, 0.05) is 77.6 Å². The molecule has 0 spiro atoms. The average molecular weight is 1740 g/mol. The molecule has 0 heterocycles. The molecule has 0 aromatic carbocycles. The monoisotopic (exact) mass is 1740 g/mol. The number of halogens is 3. The summed E-state index contributed by atoms with van der Waals surface area (Å²) >= 11 is 3.27. The highest BCUT2D eigenvalue weighted by Crippen LogP contribution is 2.29. The molecule has 0 fully saturated rings. The number of hydrogen-bond acceptors (Lipinski definition) is 28. The molecule has 7 N–H and O–H groups in total. The van der Waals surface area contributed by atoms with Crippen molar-refractivity contribution in [3.63, 3.8) is 0 Å². The van der Waals surface area contributed by atoms with Crippen LogP contribution in [-0.2, 0) is 104 Å². The van der Waals surface area contributed by atoms with E-state index >= 15 is 0 Å². The van der Waals surface area contributed by atoms with Gasteiger partial charge in [0.15, 0.2) is 0 Å². The minimum absolute atomic E-state index is 0.0169. The lowest BCUT2D eigenvalue weighted by Crippen LogP contribution is -2.27. The van der Waals surface area contributed by atoms with E-state index in [2.05, 4.69) is 15.9 Å². The largest absolute Gasteiger partial charge is 0.460 e. The summed E-state index contributed by atoms with van der Waals surface area (Å²) in [5.41, 5.74) is 7.46. The Balaban J connectivity index is -0.000000315. The van der Waals surface area contributed by atoms with Crippen molar-refractivity contribution >= 4 is 114 Å². The Bertz CT molecular complexity index is 3030. The Morgan fingerprint density at radius 1 is 0.362 bits per heavy atom. The van der Waals surface area contributed by atoms with E-state index in [0.29, 0.717) is 64.5 Å². The molecule has 0 aliphatic heterocycles. The van der Waals surface area contributed by atoms with Crippen molar-refractivity contribution in [2.24, 2.45) is 49.4 Å². The molecule has 0 unspecified atom stereocenters. The van der Waals surface area contributed by atoms with E-state index in [4.69, 9.17) is 84.4 Å². The van der Waals surface area contributed by atoms with Crippen LogP contribution in [0.2, 0.25) is 0 Å². The minimum atomic E-state index is -3.93. The first kappa shape index (κ1) is 114. The number of rotatable bonds is 45. The number of carbonyl (C=O) groups is 3. The zero-order valence-electron chi connectivity index (χ0n) is 67.4.